The Morgan fingerprint density at radius 1 is 1.33 bits per heavy atom. The SMILES string of the molecule is O=C1CC(O)NC(=O)N1C1CCOCC1. The maximum absolute atomic E-state index is 11.6. The molecule has 0 aromatic heterocycles. The van der Waals surface area contributed by atoms with Gasteiger partial charge in [0.25, 0.3) is 0 Å². The zero-order valence-electron chi connectivity index (χ0n) is 8.31. The molecule has 0 spiro atoms. The van der Waals surface area contributed by atoms with Gasteiger partial charge in [0.2, 0.25) is 5.91 Å². The van der Waals surface area contributed by atoms with Gasteiger partial charge in [-0.1, -0.05) is 0 Å². The van der Waals surface area contributed by atoms with E-state index in [1.165, 1.54) is 4.90 Å². The molecule has 0 bridgehead atoms. The minimum Gasteiger partial charge on any atom is -0.381 e. The molecule has 0 saturated carbocycles. The van der Waals surface area contributed by atoms with Gasteiger partial charge in [-0.25, -0.2) is 4.79 Å². The standard InChI is InChI=1S/C9H14N2O4/c12-7-5-8(13)11(9(14)10-7)6-1-3-15-4-2-6/h6-7,12H,1-5H2,(H,10,14). The van der Waals surface area contributed by atoms with Gasteiger partial charge < -0.3 is 15.2 Å². The summed E-state index contributed by atoms with van der Waals surface area (Å²) in [6, 6.07) is -0.579. The molecule has 2 heterocycles. The van der Waals surface area contributed by atoms with Crippen molar-refractivity contribution in [1.29, 1.82) is 0 Å². The number of nitrogens with one attached hydrogen (secondary N) is 1. The summed E-state index contributed by atoms with van der Waals surface area (Å²) in [5.41, 5.74) is 0. The summed E-state index contributed by atoms with van der Waals surface area (Å²) < 4.78 is 5.16. The summed E-state index contributed by atoms with van der Waals surface area (Å²) in [5.74, 6) is -0.307. The number of carbonyl (C=O) groups excluding carboxylic acids is 2. The van der Waals surface area contributed by atoms with Crippen LogP contribution < -0.4 is 5.32 Å². The highest BCUT2D eigenvalue weighted by Crippen LogP contribution is 2.18. The zero-order valence-corrected chi connectivity index (χ0v) is 8.31. The molecule has 2 saturated heterocycles. The normalized spacial score (nSPS) is 29.1. The molecule has 6 nitrogen and oxygen atoms in total. The van der Waals surface area contributed by atoms with E-state index in [4.69, 9.17) is 9.84 Å². The predicted molar refractivity (Wildman–Crippen MR) is 49.8 cm³/mol. The average Bonchev–Trinajstić information content (AvgIpc) is 2.17. The van der Waals surface area contributed by atoms with Crippen LogP contribution in [0, 0.1) is 0 Å². The second-order valence-corrected chi connectivity index (χ2v) is 3.78. The minimum atomic E-state index is -1.04. The molecule has 0 aromatic carbocycles. The number of urea groups is 1. The van der Waals surface area contributed by atoms with Gasteiger partial charge in [0.15, 0.2) is 0 Å². The van der Waals surface area contributed by atoms with E-state index in [0.29, 0.717) is 26.1 Å². The number of hydrogen-bond donors (Lipinski definition) is 2. The molecule has 2 rings (SSSR count). The molecule has 2 aliphatic rings. The third-order valence-electron chi connectivity index (χ3n) is 2.70. The lowest BCUT2D eigenvalue weighted by molar-refractivity contribution is -0.136. The Morgan fingerprint density at radius 2 is 2.00 bits per heavy atom. The van der Waals surface area contributed by atoms with E-state index in [1.54, 1.807) is 0 Å². The van der Waals surface area contributed by atoms with Crippen molar-refractivity contribution in [1.82, 2.24) is 10.2 Å². The molecule has 0 aliphatic carbocycles. The number of amides is 3. The summed E-state index contributed by atoms with van der Waals surface area (Å²) in [7, 11) is 0. The van der Waals surface area contributed by atoms with Crippen molar-refractivity contribution in [3.05, 3.63) is 0 Å². The largest absolute Gasteiger partial charge is 0.381 e. The van der Waals surface area contributed by atoms with Crippen LogP contribution in [0.3, 0.4) is 0 Å². The summed E-state index contributed by atoms with van der Waals surface area (Å²) in [4.78, 5) is 24.3. The molecule has 6 heteroatoms. The van der Waals surface area contributed by atoms with Crippen LogP contribution in [0.1, 0.15) is 19.3 Å². The highest BCUT2D eigenvalue weighted by Gasteiger charge is 2.36. The third kappa shape index (κ3) is 2.10. The van der Waals surface area contributed by atoms with Gasteiger partial charge in [-0.05, 0) is 12.8 Å². The van der Waals surface area contributed by atoms with Crippen LogP contribution in [-0.4, -0.2) is 47.4 Å². The molecule has 1 unspecified atom stereocenters. The summed E-state index contributed by atoms with van der Waals surface area (Å²) in [6.07, 6.45) is 0.272. The van der Waals surface area contributed by atoms with Crippen LogP contribution in [-0.2, 0) is 9.53 Å². The molecule has 15 heavy (non-hydrogen) atoms. The maximum Gasteiger partial charge on any atom is 0.326 e. The summed E-state index contributed by atoms with van der Waals surface area (Å²) >= 11 is 0. The molecular formula is C9H14N2O4. The second-order valence-electron chi connectivity index (χ2n) is 3.78. The van der Waals surface area contributed by atoms with Gasteiger partial charge in [-0.2, -0.15) is 0 Å². The number of hydrogen-bond acceptors (Lipinski definition) is 4. The topological polar surface area (TPSA) is 78.9 Å². The number of nitrogens with zero attached hydrogens (tertiary/aromatic N) is 1. The molecule has 1 atom stereocenters. The van der Waals surface area contributed by atoms with E-state index in [0.717, 1.165) is 0 Å². The smallest absolute Gasteiger partial charge is 0.326 e. The van der Waals surface area contributed by atoms with Crippen LogP contribution in [0.5, 0.6) is 0 Å². The monoisotopic (exact) mass is 214 g/mol. The molecule has 0 aromatic rings. The van der Waals surface area contributed by atoms with Gasteiger partial charge in [0.1, 0.15) is 6.23 Å². The first-order valence-electron chi connectivity index (χ1n) is 5.07. The maximum atomic E-state index is 11.6. The Bertz CT molecular complexity index is 257. The van der Waals surface area contributed by atoms with Crippen LogP contribution in [0.2, 0.25) is 0 Å². The number of aliphatic hydroxyl groups is 1. The Labute approximate surface area is 87.2 Å². The van der Waals surface area contributed by atoms with Crippen molar-refractivity contribution >= 4 is 11.9 Å². The van der Waals surface area contributed by atoms with Crippen molar-refractivity contribution in [2.45, 2.75) is 31.5 Å². The number of carbonyl (C=O) groups is 2. The van der Waals surface area contributed by atoms with Gasteiger partial charge >= 0.3 is 6.03 Å². The van der Waals surface area contributed by atoms with E-state index in [2.05, 4.69) is 5.32 Å². The quantitative estimate of drug-likeness (QED) is 0.612. The molecule has 2 fully saturated rings. The van der Waals surface area contributed by atoms with Crippen LogP contribution in [0.4, 0.5) is 4.79 Å². The Kier molecular flexibility index (Phi) is 2.88. The third-order valence-corrected chi connectivity index (χ3v) is 2.70. The molecular weight excluding hydrogens is 200 g/mol. The fourth-order valence-electron chi connectivity index (χ4n) is 1.95. The van der Waals surface area contributed by atoms with E-state index in [1.807, 2.05) is 0 Å². The summed E-state index contributed by atoms with van der Waals surface area (Å²) in [5, 5.41) is 11.5. The van der Waals surface area contributed by atoms with Crippen molar-refractivity contribution in [3.8, 4) is 0 Å². The van der Waals surface area contributed by atoms with Crippen LogP contribution >= 0.6 is 0 Å². The highest BCUT2D eigenvalue weighted by atomic mass is 16.5. The van der Waals surface area contributed by atoms with Gasteiger partial charge in [-0.15, -0.1) is 0 Å². The second kappa shape index (κ2) is 4.16. The first-order chi connectivity index (χ1) is 7.18. The van der Waals surface area contributed by atoms with Gasteiger partial charge in [0.05, 0.1) is 6.42 Å². The molecule has 3 amide bonds. The Morgan fingerprint density at radius 3 is 2.60 bits per heavy atom. The predicted octanol–water partition coefficient (Wildman–Crippen LogP) is -0.574. The number of aliphatic hydroxyl groups excluding tert-OH is 1. The number of ether oxygens (including phenoxy) is 1. The Balaban J connectivity index is 2.05. The highest BCUT2D eigenvalue weighted by molar-refractivity contribution is 5.97. The van der Waals surface area contributed by atoms with E-state index < -0.39 is 12.3 Å². The lowest BCUT2D eigenvalue weighted by Crippen LogP contribution is -2.58. The van der Waals surface area contributed by atoms with E-state index in [9.17, 15) is 9.59 Å². The lowest BCUT2D eigenvalue weighted by Gasteiger charge is -2.36. The molecule has 2 aliphatic heterocycles. The van der Waals surface area contributed by atoms with Gasteiger partial charge in [-0.3, -0.25) is 9.69 Å². The van der Waals surface area contributed by atoms with E-state index >= 15 is 0 Å². The first kappa shape index (κ1) is 10.4. The van der Waals surface area contributed by atoms with Crippen molar-refractivity contribution in [3.63, 3.8) is 0 Å². The van der Waals surface area contributed by atoms with Crippen molar-refractivity contribution in [2.75, 3.05) is 13.2 Å². The van der Waals surface area contributed by atoms with Crippen LogP contribution in [0.15, 0.2) is 0 Å². The molecule has 0 radical (unpaired) electrons. The molecule has 84 valence electrons. The summed E-state index contributed by atoms with van der Waals surface area (Å²) in [6.45, 7) is 1.15. The average molecular weight is 214 g/mol. The van der Waals surface area contributed by atoms with E-state index in [-0.39, 0.29) is 18.4 Å². The lowest BCUT2D eigenvalue weighted by atomic mass is 10.1. The van der Waals surface area contributed by atoms with Gasteiger partial charge in [0, 0.05) is 19.3 Å². The zero-order chi connectivity index (χ0) is 10.8. The van der Waals surface area contributed by atoms with Crippen molar-refractivity contribution in [2.24, 2.45) is 0 Å². The van der Waals surface area contributed by atoms with Crippen molar-refractivity contribution < 1.29 is 19.4 Å². The fraction of sp³-hybridized carbons (Fsp3) is 0.778. The number of rotatable bonds is 1. The first-order valence-corrected chi connectivity index (χ1v) is 5.07. The molecule has 2 N–H and O–H groups in total. The number of imide groups is 1. The van der Waals surface area contributed by atoms with Crippen LogP contribution in [0.25, 0.3) is 0 Å². The Hall–Kier alpha value is -1.14. The minimum absolute atomic E-state index is 0.0386. The fourth-order valence-corrected chi connectivity index (χ4v) is 1.95.